The van der Waals surface area contributed by atoms with Gasteiger partial charge < -0.3 is 20.3 Å². The molecule has 0 aliphatic carbocycles. The van der Waals surface area contributed by atoms with Crippen LogP contribution < -0.4 is 15.4 Å². The average Bonchev–Trinajstić information content (AvgIpc) is 3.14. The summed E-state index contributed by atoms with van der Waals surface area (Å²) in [5.41, 5.74) is 7.20. The minimum Gasteiger partial charge on any atom is -0.496 e. The first-order valence-electron chi connectivity index (χ1n) is 7.59. The zero-order valence-electron chi connectivity index (χ0n) is 13.2. The summed E-state index contributed by atoms with van der Waals surface area (Å²) in [6.07, 6.45) is 1.84. The monoisotopic (exact) mass is 331 g/mol. The second-order valence-electron chi connectivity index (χ2n) is 5.28. The van der Waals surface area contributed by atoms with Gasteiger partial charge in [0.25, 0.3) is 0 Å². The number of hydrogen-bond acceptors (Lipinski definition) is 5. The number of rotatable bonds is 4. The molecule has 2 aromatic rings. The Morgan fingerprint density at radius 3 is 2.78 bits per heavy atom. The smallest absolute Gasteiger partial charge is 0.191 e. The van der Waals surface area contributed by atoms with E-state index < -0.39 is 0 Å². The zero-order chi connectivity index (χ0) is 16.1. The Hall–Kier alpha value is -2.28. The third-order valence-electron chi connectivity index (χ3n) is 3.90. The Morgan fingerprint density at radius 1 is 1.30 bits per heavy atom. The molecule has 0 radical (unpaired) electrons. The van der Waals surface area contributed by atoms with E-state index in [9.17, 15) is 0 Å². The van der Waals surface area contributed by atoms with E-state index in [1.54, 1.807) is 18.4 Å². The maximum Gasteiger partial charge on any atom is 0.191 e. The molecule has 0 saturated carbocycles. The molecule has 1 aromatic carbocycles. The SMILES string of the molecule is COc1ccccc1CN=C(N)N1CCN(c2nccs2)CC1. The molecule has 6 nitrogen and oxygen atoms in total. The zero-order valence-corrected chi connectivity index (χ0v) is 14.0. The number of ether oxygens (including phenoxy) is 1. The van der Waals surface area contributed by atoms with E-state index in [0.29, 0.717) is 12.5 Å². The summed E-state index contributed by atoms with van der Waals surface area (Å²) in [5, 5.41) is 3.08. The van der Waals surface area contributed by atoms with Crippen LogP contribution in [0.2, 0.25) is 0 Å². The summed E-state index contributed by atoms with van der Waals surface area (Å²) < 4.78 is 5.34. The van der Waals surface area contributed by atoms with E-state index in [1.165, 1.54) is 0 Å². The minimum atomic E-state index is 0.530. The van der Waals surface area contributed by atoms with Gasteiger partial charge in [0, 0.05) is 43.3 Å². The van der Waals surface area contributed by atoms with Crippen molar-refractivity contribution < 1.29 is 4.74 Å². The van der Waals surface area contributed by atoms with Gasteiger partial charge in [-0.2, -0.15) is 0 Å². The third kappa shape index (κ3) is 3.73. The van der Waals surface area contributed by atoms with E-state index in [0.717, 1.165) is 42.6 Å². The van der Waals surface area contributed by atoms with Crippen LogP contribution in [-0.2, 0) is 6.54 Å². The van der Waals surface area contributed by atoms with Gasteiger partial charge in [-0.25, -0.2) is 9.98 Å². The molecule has 122 valence electrons. The number of hydrogen-bond donors (Lipinski definition) is 1. The summed E-state index contributed by atoms with van der Waals surface area (Å²) in [6.45, 7) is 4.08. The maximum atomic E-state index is 6.16. The van der Waals surface area contributed by atoms with Crippen molar-refractivity contribution in [1.29, 1.82) is 0 Å². The van der Waals surface area contributed by atoms with Crippen LogP contribution in [0.4, 0.5) is 5.13 Å². The van der Waals surface area contributed by atoms with Crippen LogP contribution in [0, 0.1) is 0 Å². The molecule has 1 saturated heterocycles. The number of para-hydroxylation sites is 1. The molecule has 23 heavy (non-hydrogen) atoms. The molecular formula is C16H21N5OS. The standard InChI is InChI=1S/C16H21N5OS/c1-22-14-5-3-2-4-13(14)12-19-15(17)20-7-9-21(10-8-20)16-18-6-11-23-16/h2-6,11H,7-10,12H2,1H3,(H2,17,19). The highest BCUT2D eigenvalue weighted by atomic mass is 32.1. The van der Waals surface area contributed by atoms with Crippen molar-refractivity contribution in [2.45, 2.75) is 6.54 Å². The predicted octanol–water partition coefficient (Wildman–Crippen LogP) is 1.79. The van der Waals surface area contributed by atoms with Crippen molar-refractivity contribution in [3.05, 3.63) is 41.4 Å². The first kappa shape index (κ1) is 15.6. The number of benzene rings is 1. The lowest BCUT2D eigenvalue weighted by atomic mass is 10.2. The Bertz CT molecular complexity index is 650. The van der Waals surface area contributed by atoms with Gasteiger partial charge in [0.05, 0.1) is 13.7 Å². The Kier molecular flexibility index (Phi) is 4.97. The van der Waals surface area contributed by atoms with Gasteiger partial charge in [0.2, 0.25) is 0 Å². The molecule has 2 N–H and O–H groups in total. The van der Waals surface area contributed by atoms with Crippen LogP contribution in [0.25, 0.3) is 0 Å². The van der Waals surface area contributed by atoms with Gasteiger partial charge in [-0.3, -0.25) is 0 Å². The van der Waals surface area contributed by atoms with E-state index in [2.05, 4.69) is 19.8 Å². The summed E-state index contributed by atoms with van der Waals surface area (Å²) in [7, 11) is 1.67. The summed E-state index contributed by atoms with van der Waals surface area (Å²) >= 11 is 1.67. The molecule has 1 fully saturated rings. The number of piperazine rings is 1. The van der Waals surface area contributed by atoms with Crippen molar-refractivity contribution in [1.82, 2.24) is 9.88 Å². The van der Waals surface area contributed by atoms with Crippen LogP contribution in [0.5, 0.6) is 5.75 Å². The molecule has 3 rings (SSSR count). The van der Waals surface area contributed by atoms with E-state index >= 15 is 0 Å². The predicted molar refractivity (Wildman–Crippen MR) is 94.2 cm³/mol. The molecular weight excluding hydrogens is 310 g/mol. The topological polar surface area (TPSA) is 67.0 Å². The van der Waals surface area contributed by atoms with Crippen LogP contribution in [0.3, 0.4) is 0 Å². The number of nitrogens with two attached hydrogens (primary N) is 1. The number of nitrogens with zero attached hydrogens (tertiary/aromatic N) is 4. The number of anilines is 1. The number of aliphatic imine (C=N–C) groups is 1. The minimum absolute atomic E-state index is 0.530. The highest BCUT2D eigenvalue weighted by molar-refractivity contribution is 7.13. The molecule has 0 unspecified atom stereocenters. The van der Waals surface area contributed by atoms with Gasteiger partial charge in [0.15, 0.2) is 11.1 Å². The Morgan fingerprint density at radius 2 is 2.09 bits per heavy atom. The Balaban J connectivity index is 1.57. The molecule has 1 aliphatic heterocycles. The van der Waals surface area contributed by atoms with Crippen molar-refractivity contribution in [3.63, 3.8) is 0 Å². The van der Waals surface area contributed by atoms with Crippen LogP contribution >= 0.6 is 11.3 Å². The van der Waals surface area contributed by atoms with Crippen molar-refractivity contribution >= 4 is 22.4 Å². The maximum absolute atomic E-state index is 6.16. The lowest BCUT2D eigenvalue weighted by Crippen LogP contribution is -2.51. The molecule has 2 heterocycles. The van der Waals surface area contributed by atoms with Gasteiger partial charge in [-0.05, 0) is 6.07 Å². The average molecular weight is 331 g/mol. The van der Waals surface area contributed by atoms with Crippen molar-refractivity contribution in [2.24, 2.45) is 10.7 Å². The number of guanidine groups is 1. The third-order valence-corrected chi connectivity index (χ3v) is 4.73. The van der Waals surface area contributed by atoms with Crippen LogP contribution in [0.15, 0.2) is 40.8 Å². The molecule has 1 aromatic heterocycles. The number of thiazole rings is 1. The number of methoxy groups -OCH3 is 1. The highest BCUT2D eigenvalue weighted by Crippen LogP contribution is 2.20. The Labute approximate surface area is 140 Å². The fourth-order valence-corrected chi connectivity index (χ4v) is 3.30. The molecule has 0 bridgehead atoms. The first-order chi connectivity index (χ1) is 11.3. The fraction of sp³-hybridized carbons (Fsp3) is 0.375. The van der Waals surface area contributed by atoms with E-state index in [1.807, 2.05) is 35.8 Å². The lowest BCUT2D eigenvalue weighted by molar-refractivity contribution is 0.380. The second-order valence-corrected chi connectivity index (χ2v) is 6.15. The second kappa shape index (κ2) is 7.32. The molecule has 7 heteroatoms. The molecule has 0 spiro atoms. The molecule has 1 aliphatic rings. The highest BCUT2D eigenvalue weighted by Gasteiger charge is 2.19. The molecule has 0 atom stereocenters. The quantitative estimate of drug-likeness (QED) is 0.683. The summed E-state index contributed by atoms with van der Waals surface area (Å²) in [6, 6.07) is 7.88. The lowest BCUT2D eigenvalue weighted by Gasteiger charge is -2.35. The normalized spacial score (nSPS) is 15.8. The molecule has 0 amide bonds. The summed E-state index contributed by atoms with van der Waals surface area (Å²) in [4.78, 5) is 13.3. The van der Waals surface area contributed by atoms with Gasteiger partial charge >= 0.3 is 0 Å². The van der Waals surface area contributed by atoms with Gasteiger partial charge in [0.1, 0.15) is 5.75 Å². The summed E-state index contributed by atoms with van der Waals surface area (Å²) in [5.74, 6) is 1.44. The van der Waals surface area contributed by atoms with Crippen LogP contribution in [0.1, 0.15) is 5.56 Å². The van der Waals surface area contributed by atoms with Crippen molar-refractivity contribution in [2.75, 3.05) is 38.2 Å². The first-order valence-corrected chi connectivity index (χ1v) is 8.47. The van der Waals surface area contributed by atoms with Crippen molar-refractivity contribution in [3.8, 4) is 5.75 Å². The van der Waals surface area contributed by atoms with E-state index in [4.69, 9.17) is 10.5 Å². The number of aromatic nitrogens is 1. The van der Waals surface area contributed by atoms with E-state index in [-0.39, 0.29) is 0 Å². The van der Waals surface area contributed by atoms with Crippen LogP contribution in [-0.4, -0.2) is 49.1 Å². The fourth-order valence-electron chi connectivity index (χ4n) is 2.60. The van der Waals surface area contributed by atoms with Gasteiger partial charge in [-0.15, -0.1) is 11.3 Å². The largest absolute Gasteiger partial charge is 0.496 e. The van der Waals surface area contributed by atoms with Gasteiger partial charge in [-0.1, -0.05) is 18.2 Å².